The number of carbonyl (C=O) groups excluding carboxylic acids is 1. The average Bonchev–Trinajstić information content (AvgIpc) is 3.22. The number of thioether (sulfide) groups is 1. The Bertz CT molecular complexity index is 1190. The molecule has 2 heterocycles. The Balaban J connectivity index is 1.75. The van der Waals surface area contributed by atoms with Crippen molar-refractivity contribution in [1.82, 2.24) is 14.8 Å². The maximum Gasteiger partial charge on any atom is 0.255 e. The van der Waals surface area contributed by atoms with Crippen molar-refractivity contribution in [2.45, 2.75) is 44.8 Å². The number of aromatic nitrogens is 3. The van der Waals surface area contributed by atoms with Crippen LogP contribution in [0.15, 0.2) is 65.0 Å². The lowest BCUT2D eigenvalue weighted by atomic mass is 9.94. The number of methoxy groups -OCH3 is 1. The van der Waals surface area contributed by atoms with Crippen molar-refractivity contribution >= 4 is 29.3 Å². The summed E-state index contributed by atoms with van der Waals surface area (Å²) >= 11 is 1.63. The predicted molar refractivity (Wildman–Crippen MR) is 133 cm³/mol. The van der Waals surface area contributed by atoms with E-state index in [4.69, 9.17) is 9.84 Å². The van der Waals surface area contributed by atoms with Crippen molar-refractivity contribution in [1.29, 1.82) is 0 Å². The van der Waals surface area contributed by atoms with E-state index >= 15 is 0 Å². The number of nitrogens with one attached hydrogen (secondary N) is 2. The zero-order valence-electron chi connectivity index (χ0n) is 19.4. The van der Waals surface area contributed by atoms with E-state index in [1.54, 1.807) is 18.9 Å². The Morgan fingerprint density at radius 2 is 2.03 bits per heavy atom. The monoisotopic (exact) mass is 463 g/mol. The molecule has 2 N–H and O–H groups in total. The molecule has 4 rings (SSSR count). The quantitative estimate of drug-likeness (QED) is 0.343. The van der Waals surface area contributed by atoms with Gasteiger partial charge in [0.1, 0.15) is 11.8 Å². The summed E-state index contributed by atoms with van der Waals surface area (Å²) in [5.74, 6) is 2.13. The van der Waals surface area contributed by atoms with Crippen molar-refractivity contribution in [3.8, 4) is 5.75 Å². The molecule has 0 spiro atoms. The largest absolute Gasteiger partial charge is 0.497 e. The number of aryl methyl sites for hydroxylation is 1. The number of anilines is 2. The van der Waals surface area contributed by atoms with Gasteiger partial charge in [-0.25, -0.2) is 4.68 Å². The van der Waals surface area contributed by atoms with Crippen molar-refractivity contribution in [2.24, 2.45) is 0 Å². The molecule has 172 valence electrons. The number of allylic oxidation sites excluding steroid dienone is 1. The second-order valence-electron chi connectivity index (χ2n) is 7.98. The minimum Gasteiger partial charge on any atom is -0.497 e. The van der Waals surface area contributed by atoms with E-state index in [9.17, 15) is 4.79 Å². The van der Waals surface area contributed by atoms with Gasteiger partial charge in [-0.15, -0.1) is 5.10 Å². The van der Waals surface area contributed by atoms with Gasteiger partial charge >= 0.3 is 0 Å². The van der Waals surface area contributed by atoms with Crippen LogP contribution in [0.25, 0.3) is 0 Å². The summed E-state index contributed by atoms with van der Waals surface area (Å²) in [6.45, 7) is 6.05. The van der Waals surface area contributed by atoms with Crippen LogP contribution in [0, 0.1) is 6.92 Å². The lowest BCUT2D eigenvalue weighted by Gasteiger charge is -2.29. The van der Waals surface area contributed by atoms with Crippen LogP contribution in [0.3, 0.4) is 0 Å². The van der Waals surface area contributed by atoms with E-state index in [1.165, 1.54) is 0 Å². The molecule has 7 nitrogen and oxygen atoms in total. The van der Waals surface area contributed by atoms with Crippen molar-refractivity contribution in [2.75, 3.05) is 23.5 Å². The zero-order chi connectivity index (χ0) is 23.4. The topological polar surface area (TPSA) is 81.1 Å². The molecule has 0 fully saturated rings. The van der Waals surface area contributed by atoms with Crippen LogP contribution in [0.1, 0.15) is 43.9 Å². The lowest BCUT2D eigenvalue weighted by Crippen LogP contribution is -2.31. The summed E-state index contributed by atoms with van der Waals surface area (Å²) < 4.78 is 7.26. The molecular formula is C25H29N5O2S. The van der Waals surface area contributed by atoms with Crippen LogP contribution < -0.4 is 15.4 Å². The number of hydrogen-bond donors (Lipinski definition) is 2. The molecule has 1 aliphatic heterocycles. The highest BCUT2D eigenvalue weighted by atomic mass is 32.2. The summed E-state index contributed by atoms with van der Waals surface area (Å²) in [5, 5.41) is 11.9. The summed E-state index contributed by atoms with van der Waals surface area (Å²) in [6, 6.07) is 15.1. The van der Waals surface area contributed by atoms with E-state index < -0.39 is 6.04 Å². The molecule has 2 aromatic carbocycles. The van der Waals surface area contributed by atoms with Gasteiger partial charge in [-0.2, -0.15) is 4.98 Å². The fourth-order valence-electron chi connectivity index (χ4n) is 3.82. The second kappa shape index (κ2) is 10.1. The number of nitrogens with zero attached hydrogens (tertiary/aromatic N) is 3. The molecule has 0 saturated heterocycles. The summed E-state index contributed by atoms with van der Waals surface area (Å²) in [5.41, 5.74) is 4.03. The molecule has 0 radical (unpaired) electrons. The fourth-order valence-corrected chi connectivity index (χ4v) is 4.73. The van der Waals surface area contributed by atoms with Gasteiger partial charge in [0.2, 0.25) is 11.1 Å². The first-order chi connectivity index (χ1) is 16.0. The first kappa shape index (κ1) is 22.9. The molecule has 1 atom stereocenters. The van der Waals surface area contributed by atoms with Crippen LogP contribution in [0.5, 0.6) is 5.75 Å². The lowest BCUT2D eigenvalue weighted by molar-refractivity contribution is -0.113. The highest BCUT2D eigenvalue weighted by Crippen LogP contribution is 2.37. The van der Waals surface area contributed by atoms with E-state index in [2.05, 4.69) is 22.5 Å². The third-order valence-electron chi connectivity index (χ3n) is 5.61. The number of carbonyl (C=O) groups is 1. The molecule has 1 amide bonds. The molecule has 0 bridgehead atoms. The molecule has 0 aliphatic carbocycles. The molecule has 3 aromatic rings. The Morgan fingerprint density at radius 3 is 2.79 bits per heavy atom. The number of amides is 1. The molecule has 33 heavy (non-hydrogen) atoms. The number of ether oxygens (including phenoxy) is 1. The van der Waals surface area contributed by atoms with Crippen LogP contribution >= 0.6 is 11.8 Å². The Kier molecular flexibility index (Phi) is 7.03. The molecule has 0 saturated carbocycles. The number of rotatable bonds is 8. The van der Waals surface area contributed by atoms with Gasteiger partial charge in [-0.1, -0.05) is 55.4 Å². The molecular weight excluding hydrogens is 434 g/mol. The third-order valence-corrected chi connectivity index (χ3v) is 6.53. The van der Waals surface area contributed by atoms with Crippen LogP contribution in [0.4, 0.5) is 11.6 Å². The number of fused-ring (bicyclic) bond motifs is 1. The minimum absolute atomic E-state index is 0.177. The second-order valence-corrected chi connectivity index (χ2v) is 9.04. The summed E-state index contributed by atoms with van der Waals surface area (Å²) in [4.78, 5) is 18.3. The molecule has 1 aliphatic rings. The molecule has 1 unspecified atom stereocenters. The zero-order valence-corrected chi connectivity index (χ0v) is 20.2. The van der Waals surface area contributed by atoms with Gasteiger partial charge in [0, 0.05) is 17.1 Å². The van der Waals surface area contributed by atoms with Gasteiger partial charge in [0.25, 0.3) is 5.91 Å². The summed E-state index contributed by atoms with van der Waals surface area (Å²) in [6.07, 6.45) is 2.22. The predicted octanol–water partition coefficient (Wildman–Crippen LogP) is 5.41. The number of unbranched alkanes of at least 4 members (excludes halogenated alkanes) is 1. The number of benzene rings is 2. The van der Waals surface area contributed by atoms with E-state index in [0.717, 1.165) is 46.9 Å². The van der Waals surface area contributed by atoms with E-state index in [-0.39, 0.29) is 5.91 Å². The van der Waals surface area contributed by atoms with Crippen LogP contribution in [-0.4, -0.2) is 33.5 Å². The van der Waals surface area contributed by atoms with Crippen LogP contribution in [0.2, 0.25) is 0 Å². The molecule has 8 heteroatoms. The Labute approximate surface area is 198 Å². The first-order valence-corrected chi connectivity index (χ1v) is 12.1. The highest BCUT2D eigenvalue weighted by Gasteiger charge is 2.34. The number of hydrogen-bond acceptors (Lipinski definition) is 6. The maximum absolute atomic E-state index is 13.6. The van der Waals surface area contributed by atoms with Gasteiger partial charge in [0.15, 0.2) is 0 Å². The summed E-state index contributed by atoms with van der Waals surface area (Å²) in [7, 11) is 1.64. The number of para-hydroxylation sites is 1. The minimum atomic E-state index is -0.437. The maximum atomic E-state index is 13.6. The van der Waals surface area contributed by atoms with Crippen LogP contribution in [-0.2, 0) is 4.79 Å². The molecule has 1 aromatic heterocycles. The van der Waals surface area contributed by atoms with Gasteiger partial charge in [-0.05, 0) is 49.6 Å². The smallest absolute Gasteiger partial charge is 0.255 e. The highest BCUT2D eigenvalue weighted by molar-refractivity contribution is 7.99. The van der Waals surface area contributed by atoms with Crippen molar-refractivity contribution < 1.29 is 9.53 Å². The van der Waals surface area contributed by atoms with E-state index in [1.807, 2.05) is 67.1 Å². The normalized spacial score (nSPS) is 15.1. The average molecular weight is 464 g/mol. The van der Waals surface area contributed by atoms with Gasteiger partial charge in [-0.3, -0.25) is 4.79 Å². The SMILES string of the molecule is CCCCSc1nc2n(n1)C(c1cccc(OC)c1)C(C(=O)Nc1ccccc1C)=C(C)N2. The van der Waals surface area contributed by atoms with Gasteiger partial charge in [0.05, 0.1) is 12.7 Å². The standard InChI is InChI=1S/C25H29N5O2S/c1-5-6-14-33-25-28-24-26-17(3)21(23(31)27-20-13-8-7-10-16(20)2)22(30(24)29-25)18-11-9-12-19(15-18)32-4/h7-13,15,22H,5-6,14H2,1-4H3,(H,27,31)(H,26,28,29). The Hall–Kier alpha value is -3.26. The van der Waals surface area contributed by atoms with E-state index in [0.29, 0.717) is 16.7 Å². The third kappa shape index (κ3) is 4.90. The first-order valence-electron chi connectivity index (χ1n) is 11.1. The fraction of sp³-hybridized carbons (Fsp3) is 0.320. The van der Waals surface area contributed by atoms with Crippen molar-refractivity contribution in [3.05, 3.63) is 70.9 Å². The van der Waals surface area contributed by atoms with Crippen molar-refractivity contribution in [3.63, 3.8) is 0 Å². The van der Waals surface area contributed by atoms with Gasteiger partial charge < -0.3 is 15.4 Å². The Morgan fingerprint density at radius 1 is 1.21 bits per heavy atom.